The van der Waals surface area contributed by atoms with Crippen LogP contribution in [0.2, 0.25) is 0 Å². The number of pyridine rings is 1. The number of ether oxygens (including phenoxy) is 1. The number of aromatic nitrogens is 3. The molecular weight excluding hydrogens is 352 g/mol. The first-order chi connectivity index (χ1) is 13.7. The van der Waals surface area contributed by atoms with Crippen molar-refractivity contribution in [3.8, 4) is 22.7 Å². The van der Waals surface area contributed by atoms with E-state index in [1.807, 2.05) is 48.5 Å². The minimum Gasteiger partial charge on any atom is -0.497 e. The monoisotopic (exact) mass is 370 g/mol. The highest BCUT2D eigenvalue weighted by Gasteiger charge is 2.15. The van der Waals surface area contributed by atoms with Gasteiger partial charge in [0.05, 0.1) is 18.5 Å². The Kier molecular flexibility index (Phi) is 4.84. The molecule has 2 aromatic heterocycles. The van der Waals surface area contributed by atoms with Gasteiger partial charge in [-0.2, -0.15) is 5.10 Å². The Hall–Kier alpha value is -3.93. The van der Waals surface area contributed by atoms with E-state index in [4.69, 9.17) is 4.74 Å². The number of hydrogen-bond acceptors (Lipinski definition) is 4. The second-order valence-corrected chi connectivity index (χ2v) is 6.09. The van der Waals surface area contributed by atoms with Crippen LogP contribution in [0.4, 0.5) is 5.82 Å². The standard InChI is InChI=1S/C22H18N4O2/c1-28-19-11-5-7-16(13-19)22(27)24-21-14-20(17-8-6-12-23-15-17)25-26(21)18-9-3-2-4-10-18/h2-15H,1H3,(H,24,27). The fourth-order valence-electron chi connectivity index (χ4n) is 2.84. The van der Waals surface area contributed by atoms with Crippen LogP contribution in [-0.2, 0) is 0 Å². The molecule has 0 aliphatic carbocycles. The van der Waals surface area contributed by atoms with Crippen LogP contribution in [0.1, 0.15) is 10.4 Å². The molecule has 0 aliphatic rings. The number of rotatable bonds is 5. The highest BCUT2D eigenvalue weighted by Crippen LogP contribution is 2.25. The molecule has 0 saturated heterocycles. The van der Waals surface area contributed by atoms with Gasteiger partial charge < -0.3 is 10.1 Å². The summed E-state index contributed by atoms with van der Waals surface area (Å²) >= 11 is 0. The van der Waals surface area contributed by atoms with E-state index < -0.39 is 0 Å². The van der Waals surface area contributed by atoms with E-state index in [1.165, 1.54) is 0 Å². The van der Waals surface area contributed by atoms with Crippen LogP contribution in [0.15, 0.2) is 85.2 Å². The molecule has 0 atom stereocenters. The van der Waals surface area contributed by atoms with Crippen molar-refractivity contribution in [2.24, 2.45) is 0 Å². The van der Waals surface area contributed by atoms with Gasteiger partial charge >= 0.3 is 0 Å². The van der Waals surface area contributed by atoms with Gasteiger partial charge in [0.15, 0.2) is 0 Å². The number of nitrogens with one attached hydrogen (secondary N) is 1. The van der Waals surface area contributed by atoms with Gasteiger partial charge in [0.25, 0.3) is 5.91 Å². The van der Waals surface area contributed by atoms with E-state index in [1.54, 1.807) is 48.5 Å². The van der Waals surface area contributed by atoms with Gasteiger partial charge in [-0.25, -0.2) is 4.68 Å². The molecule has 0 radical (unpaired) electrons. The number of carbonyl (C=O) groups is 1. The normalized spacial score (nSPS) is 10.5. The molecule has 6 heteroatoms. The summed E-state index contributed by atoms with van der Waals surface area (Å²) in [6, 6.07) is 22.3. The Morgan fingerprint density at radius 2 is 1.86 bits per heavy atom. The number of amides is 1. The van der Waals surface area contributed by atoms with Crippen LogP contribution in [0.5, 0.6) is 5.75 Å². The maximum absolute atomic E-state index is 12.8. The molecule has 2 heterocycles. The number of carbonyl (C=O) groups excluding carboxylic acids is 1. The fraction of sp³-hybridized carbons (Fsp3) is 0.0455. The Balaban J connectivity index is 1.72. The van der Waals surface area contributed by atoms with Crippen molar-refractivity contribution < 1.29 is 9.53 Å². The van der Waals surface area contributed by atoms with Crippen molar-refractivity contribution in [1.82, 2.24) is 14.8 Å². The topological polar surface area (TPSA) is 69.0 Å². The van der Waals surface area contributed by atoms with E-state index in [0.717, 1.165) is 16.9 Å². The molecule has 0 fully saturated rings. The largest absolute Gasteiger partial charge is 0.497 e. The molecule has 1 N–H and O–H groups in total. The number of para-hydroxylation sites is 1. The summed E-state index contributed by atoms with van der Waals surface area (Å²) in [6.45, 7) is 0. The molecule has 0 unspecified atom stereocenters. The molecule has 0 saturated carbocycles. The predicted octanol–water partition coefficient (Wildman–Crippen LogP) is 4.20. The lowest BCUT2D eigenvalue weighted by Crippen LogP contribution is -2.15. The average molecular weight is 370 g/mol. The van der Waals surface area contributed by atoms with Crippen molar-refractivity contribution in [1.29, 1.82) is 0 Å². The lowest BCUT2D eigenvalue weighted by atomic mass is 10.2. The summed E-state index contributed by atoms with van der Waals surface area (Å²) in [7, 11) is 1.57. The number of methoxy groups -OCH3 is 1. The number of nitrogens with zero attached hydrogens (tertiary/aromatic N) is 3. The minimum absolute atomic E-state index is 0.242. The maximum atomic E-state index is 12.8. The molecule has 4 rings (SSSR count). The lowest BCUT2D eigenvalue weighted by molar-refractivity contribution is 0.102. The molecule has 4 aromatic rings. The van der Waals surface area contributed by atoms with E-state index in [2.05, 4.69) is 15.4 Å². The molecule has 2 aromatic carbocycles. The zero-order valence-corrected chi connectivity index (χ0v) is 15.2. The molecule has 0 spiro atoms. The third-order valence-corrected chi connectivity index (χ3v) is 4.24. The Labute approximate surface area is 162 Å². The van der Waals surface area contributed by atoms with Crippen LogP contribution in [-0.4, -0.2) is 27.8 Å². The molecule has 0 aliphatic heterocycles. The number of benzene rings is 2. The molecule has 138 valence electrons. The van der Waals surface area contributed by atoms with E-state index >= 15 is 0 Å². The van der Waals surface area contributed by atoms with Crippen molar-refractivity contribution in [3.05, 3.63) is 90.8 Å². The fourth-order valence-corrected chi connectivity index (χ4v) is 2.84. The third kappa shape index (κ3) is 3.61. The molecular formula is C22H18N4O2. The summed E-state index contributed by atoms with van der Waals surface area (Å²) in [5, 5.41) is 7.62. The first-order valence-corrected chi connectivity index (χ1v) is 8.76. The van der Waals surface area contributed by atoms with Crippen molar-refractivity contribution in [2.45, 2.75) is 0 Å². The SMILES string of the molecule is COc1cccc(C(=O)Nc2cc(-c3cccnc3)nn2-c2ccccc2)c1. The van der Waals surface area contributed by atoms with Crippen LogP contribution in [0.25, 0.3) is 16.9 Å². The smallest absolute Gasteiger partial charge is 0.256 e. The summed E-state index contributed by atoms with van der Waals surface area (Å²) in [5.74, 6) is 0.951. The van der Waals surface area contributed by atoms with Gasteiger partial charge in [-0.15, -0.1) is 0 Å². The Bertz CT molecular complexity index is 1090. The van der Waals surface area contributed by atoms with E-state index in [9.17, 15) is 4.79 Å². The Morgan fingerprint density at radius 1 is 1.00 bits per heavy atom. The zero-order chi connectivity index (χ0) is 19.3. The van der Waals surface area contributed by atoms with Crippen LogP contribution < -0.4 is 10.1 Å². The molecule has 1 amide bonds. The maximum Gasteiger partial charge on any atom is 0.256 e. The summed E-state index contributed by atoms with van der Waals surface area (Å²) < 4.78 is 6.91. The predicted molar refractivity (Wildman–Crippen MR) is 108 cm³/mol. The molecule has 0 bridgehead atoms. The van der Waals surface area contributed by atoms with Crippen molar-refractivity contribution in [2.75, 3.05) is 12.4 Å². The van der Waals surface area contributed by atoms with Gasteiger partial charge in [-0.05, 0) is 42.5 Å². The quantitative estimate of drug-likeness (QED) is 0.572. The van der Waals surface area contributed by atoms with E-state index in [-0.39, 0.29) is 5.91 Å². The summed E-state index contributed by atoms with van der Waals surface area (Å²) in [6.07, 6.45) is 3.45. The van der Waals surface area contributed by atoms with Gasteiger partial charge in [-0.1, -0.05) is 24.3 Å². The third-order valence-electron chi connectivity index (χ3n) is 4.24. The number of hydrogen-bond donors (Lipinski definition) is 1. The van der Waals surface area contributed by atoms with Crippen molar-refractivity contribution in [3.63, 3.8) is 0 Å². The lowest BCUT2D eigenvalue weighted by Gasteiger charge is -2.09. The van der Waals surface area contributed by atoms with Crippen LogP contribution in [0, 0.1) is 0 Å². The van der Waals surface area contributed by atoms with Crippen LogP contribution in [0.3, 0.4) is 0 Å². The minimum atomic E-state index is -0.242. The number of anilines is 1. The first-order valence-electron chi connectivity index (χ1n) is 8.76. The second-order valence-electron chi connectivity index (χ2n) is 6.09. The molecule has 6 nitrogen and oxygen atoms in total. The molecule has 28 heavy (non-hydrogen) atoms. The van der Waals surface area contributed by atoms with Gasteiger partial charge in [0.2, 0.25) is 0 Å². The van der Waals surface area contributed by atoms with Crippen LogP contribution >= 0.6 is 0 Å². The summed E-state index contributed by atoms with van der Waals surface area (Å²) in [5.41, 5.74) is 2.94. The van der Waals surface area contributed by atoms with E-state index in [0.29, 0.717) is 17.1 Å². The highest BCUT2D eigenvalue weighted by atomic mass is 16.5. The van der Waals surface area contributed by atoms with Crippen molar-refractivity contribution >= 4 is 11.7 Å². The zero-order valence-electron chi connectivity index (χ0n) is 15.2. The first kappa shape index (κ1) is 17.5. The van der Waals surface area contributed by atoms with Gasteiger partial charge in [0.1, 0.15) is 11.6 Å². The highest BCUT2D eigenvalue weighted by molar-refractivity contribution is 6.04. The average Bonchev–Trinajstić information content (AvgIpc) is 3.19. The summed E-state index contributed by atoms with van der Waals surface area (Å²) in [4.78, 5) is 16.9. The van der Waals surface area contributed by atoms with Gasteiger partial charge in [0, 0.05) is 29.6 Å². The van der Waals surface area contributed by atoms with Gasteiger partial charge in [-0.3, -0.25) is 9.78 Å². The Morgan fingerprint density at radius 3 is 2.61 bits per heavy atom. The second kappa shape index (κ2) is 7.75.